The molecular weight excluding hydrogens is 394 g/mol. The number of urea groups is 1. The molecule has 2 aromatic rings. The number of amides is 3. The first-order chi connectivity index (χ1) is 14.7. The predicted molar refractivity (Wildman–Crippen MR) is 120 cm³/mol. The van der Waals surface area contributed by atoms with Crippen LogP contribution in [0.2, 0.25) is 0 Å². The fourth-order valence-corrected chi connectivity index (χ4v) is 5.26. The molecule has 1 aromatic carbocycles. The van der Waals surface area contributed by atoms with E-state index < -0.39 is 0 Å². The van der Waals surface area contributed by atoms with Crippen LogP contribution in [0.4, 0.5) is 4.79 Å². The zero-order valence-corrected chi connectivity index (χ0v) is 18.3. The van der Waals surface area contributed by atoms with Crippen molar-refractivity contribution < 1.29 is 9.59 Å². The zero-order chi connectivity index (χ0) is 20.8. The highest BCUT2D eigenvalue weighted by Crippen LogP contribution is 2.25. The number of hydrogen-bond donors (Lipinski definition) is 1. The molecule has 0 bridgehead atoms. The fourth-order valence-electron chi connectivity index (χ4n) is 4.61. The van der Waals surface area contributed by atoms with Crippen molar-refractivity contribution in [2.24, 2.45) is 11.8 Å². The number of likely N-dealkylation sites (tertiary alicyclic amines) is 2. The molecule has 1 N–H and O–H groups in total. The van der Waals surface area contributed by atoms with Gasteiger partial charge in [0.25, 0.3) is 0 Å². The van der Waals surface area contributed by atoms with Crippen molar-refractivity contribution in [2.45, 2.75) is 38.6 Å². The van der Waals surface area contributed by atoms with Gasteiger partial charge in [0.2, 0.25) is 5.91 Å². The van der Waals surface area contributed by atoms with Crippen molar-refractivity contribution in [3.63, 3.8) is 0 Å². The molecule has 4 rings (SSSR count). The predicted octanol–water partition coefficient (Wildman–Crippen LogP) is 4.15. The van der Waals surface area contributed by atoms with Gasteiger partial charge in [0.15, 0.2) is 0 Å². The number of nitrogens with zero attached hydrogens (tertiary/aromatic N) is 2. The van der Waals surface area contributed by atoms with E-state index in [2.05, 4.69) is 35.6 Å². The Labute approximate surface area is 183 Å². The summed E-state index contributed by atoms with van der Waals surface area (Å²) in [5, 5.41) is 5.01. The number of nitrogens with one attached hydrogen (secondary N) is 1. The van der Waals surface area contributed by atoms with Gasteiger partial charge in [-0.15, -0.1) is 11.3 Å². The molecule has 6 heteroatoms. The summed E-state index contributed by atoms with van der Waals surface area (Å²) in [7, 11) is 0. The molecule has 2 aliphatic rings. The second-order valence-electron chi connectivity index (χ2n) is 8.48. The second-order valence-corrected chi connectivity index (χ2v) is 9.51. The lowest BCUT2D eigenvalue weighted by Gasteiger charge is -2.38. The lowest BCUT2D eigenvalue weighted by atomic mass is 9.89. The smallest absolute Gasteiger partial charge is 0.317 e. The van der Waals surface area contributed by atoms with Crippen LogP contribution in [0.1, 0.15) is 36.1 Å². The van der Waals surface area contributed by atoms with Crippen molar-refractivity contribution in [2.75, 3.05) is 26.2 Å². The van der Waals surface area contributed by atoms with E-state index in [0.29, 0.717) is 19.0 Å². The Bertz CT molecular complexity index is 816. The molecule has 2 fully saturated rings. The van der Waals surface area contributed by atoms with E-state index in [0.717, 1.165) is 56.6 Å². The molecule has 0 radical (unpaired) electrons. The van der Waals surface area contributed by atoms with Crippen LogP contribution in [-0.4, -0.2) is 47.9 Å². The van der Waals surface area contributed by atoms with Crippen LogP contribution in [0, 0.1) is 11.8 Å². The molecule has 1 atom stereocenters. The van der Waals surface area contributed by atoms with E-state index in [-0.39, 0.29) is 17.9 Å². The summed E-state index contributed by atoms with van der Waals surface area (Å²) >= 11 is 1.64. The van der Waals surface area contributed by atoms with Crippen LogP contribution in [0.15, 0.2) is 47.8 Å². The van der Waals surface area contributed by atoms with Crippen LogP contribution in [0.5, 0.6) is 0 Å². The van der Waals surface area contributed by atoms with Crippen LogP contribution in [-0.2, 0) is 17.8 Å². The van der Waals surface area contributed by atoms with E-state index in [1.807, 2.05) is 27.3 Å². The first-order valence-electron chi connectivity index (χ1n) is 11.1. The summed E-state index contributed by atoms with van der Waals surface area (Å²) in [5.74, 6) is 0.836. The molecule has 1 aromatic heterocycles. The fraction of sp³-hybridized carbons (Fsp3) is 0.500. The minimum absolute atomic E-state index is 0.0533. The molecule has 30 heavy (non-hydrogen) atoms. The Morgan fingerprint density at radius 2 is 1.77 bits per heavy atom. The Kier molecular flexibility index (Phi) is 7.05. The lowest BCUT2D eigenvalue weighted by molar-refractivity contribution is -0.138. The number of carbonyl (C=O) groups excluding carboxylic acids is 2. The molecule has 5 nitrogen and oxygen atoms in total. The molecule has 2 aliphatic heterocycles. The molecule has 3 heterocycles. The maximum Gasteiger partial charge on any atom is 0.317 e. The summed E-state index contributed by atoms with van der Waals surface area (Å²) in [5.41, 5.74) is 1.39. The van der Waals surface area contributed by atoms with Gasteiger partial charge < -0.3 is 15.1 Å². The zero-order valence-electron chi connectivity index (χ0n) is 17.5. The summed E-state index contributed by atoms with van der Waals surface area (Å²) in [6.45, 7) is 3.52. The first-order valence-corrected chi connectivity index (χ1v) is 11.9. The summed E-state index contributed by atoms with van der Waals surface area (Å²) in [6.07, 6.45) is 5.02. The molecule has 160 valence electrons. The van der Waals surface area contributed by atoms with Gasteiger partial charge in [0, 0.05) is 31.1 Å². The van der Waals surface area contributed by atoms with Gasteiger partial charge in [0.1, 0.15) is 0 Å². The SMILES string of the molecule is O=C(NCc1cccs1)N1CCCC(C(=O)N2CCC(Cc3ccccc3)CC2)C1. The van der Waals surface area contributed by atoms with E-state index in [1.54, 1.807) is 11.3 Å². The molecule has 3 amide bonds. The Morgan fingerprint density at radius 3 is 2.50 bits per heavy atom. The highest BCUT2D eigenvalue weighted by Gasteiger charge is 2.32. The van der Waals surface area contributed by atoms with Crippen molar-refractivity contribution in [1.29, 1.82) is 0 Å². The molecule has 0 saturated carbocycles. The highest BCUT2D eigenvalue weighted by atomic mass is 32.1. The van der Waals surface area contributed by atoms with Crippen LogP contribution >= 0.6 is 11.3 Å². The largest absolute Gasteiger partial charge is 0.342 e. The van der Waals surface area contributed by atoms with Gasteiger partial charge in [-0.25, -0.2) is 4.79 Å². The van der Waals surface area contributed by atoms with Crippen LogP contribution in [0.25, 0.3) is 0 Å². The monoisotopic (exact) mass is 425 g/mol. The number of thiophene rings is 1. The van der Waals surface area contributed by atoms with E-state index in [1.165, 1.54) is 5.56 Å². The highest BCUT2D eigenvalue weighted by molar-refractivity contribution is 7.09. The second kappa shape index (κ2) is 10.1. The van der Waals surface area contributed by atoms with E-state index in [9.17, 15) is 9.59 Å². The number of rotatable bonds is 5. The van der Waals surface area contributed by atoms with E-state index >= 15 is 0 Å². The number of benzene rings is 1. The normalized spacial score (nSPS) is 20.2. The Balaban J connectivity index is 1.23. The topological polar surface area (TPSA) is 52.7 Å². The van der Waals surface area contributed by atoms with Crippen LogP contribution in [0.3, 0.4) is 0 Å². The standard InChI is InChI=1S/C24H31N3O2S/c28-23(26-13-10-20(11-14-26)16-19-6-2-1-3-7-19)21-8-4-12-27(18-21)24(29)25-17-22-9-5-15-30-22/h1-3,5-7,9,15,20-21H,4,8,10-14,16-18H2,(H,25,29). The molecule has 0 aliphatic carbocycles. The minimum Gasteiger partial charge on any atom is -0.342 e. The van der Waals surface area contributed by atoms with Gasteiger partial charge in [0.05, 0.1) is 12.5 Å². The average molecular weight is 426 g/mol. The van der Waals surface area contributed by atoms with Crippen molar-refractivity contribution in [3.8, 4) is 0 Å². The van der Waals surface area contributed by atoms with Gasteiger partial charge >= 0.3 is 6.03 Å². The quantitative estimate of drug-likeness (QED) is 0.782. The molecule has 0 spiro atoms. The third kappa shape index (κ3) is 5.42. The third-order valence-electron chi connectivity index (χ3n) is 6.35. The summed E-state index contributed by atoms with van der Waals surface area (Å²) in [6, 6.07) is 14.6. The molecular formula is C24H31N3O2S. The van der Waals surface area contributed by atoms with Crippen molar-refractivity contribution >= 4 is 23.3 Å². The summed E-state index contributed by atoms with van der Waals surface area (Å²) < 4.78 is 0. The maximum absolute atomic E-state index is 13.1. The molecule has 1 unspecified atom stereocenters. The first kappa shape index (κ1) is 20.9. The van der Waals surface area contributed by atoms with Gasteiger partial charge in [-0.2, -0.15) is 0 Å². The maximum atomic E-state index is 13.1. The Hall–Kier alpha value is -2.34. The van der Waals surface area contributed by atoms with Gasteiger partial charge in [-0.3, -0.25) is 4.79 Å². The van der Waals surface area contributed by atoms with Crippen LogP contribution < -0.4 is 5.32 Å². The molecule has 2 saturated heterocycles. The Morgan fingerprint density at radius 1 is 0.967 bits per heavy atom. The van der Waals surface area contributed by atoms with Gasteiger partial charge in [-0.1, -0.05) is 36.4 Å². The average Bonchev–Trinajstić information content (AvgIpc) is 3.32. The summed E-state index contributed by atoms with van der Waals surface area (Å²) in [4.78, 5) is 30.7. The number of hydrogen-bond acceptors (Lipinski definition) is 3. The number of carbonyl (C=O) groups is 2. The van der Waals surface area contributed by atoms with Crippen molar-refractivity contribution in [3.05, 3.63) is 58.3 Å². The minimum atomic E-state index is -0.0584. The third-order valence-corrected chi connectivity index (χ3v) is 7.22. The van der Waals surface area contributed by atoms with Crippen molar-refractivity contribution in [1.82, 2.24) is 15.1 Å². The lowest BCUT2D eigenvalue weighted by Crippen LogP contribution is -2.50. The van der Waals surface area contributed by atoms with Gasteiger partial charge in [-0.05, 0) is 55.0 Å². The van der Waals surface area contributed by atoms with E-state index in [4.69, 9.17) is 0 Å². The number of piperidine rings is 2.